The zero-order valence-corrected chi connectivity index (χ0v) is 20.2. The summed E-state index contributed by atoms with van der Waals surface area (Å²) < 4.78 is 18.1. The number of amides is 1. The number of carboxylic acids is 1. The molecule has 0 radical (unpaired) electrons. The number of benzene rings is 2. The molecule has 0 aromatic heterocycles. The maximum Gasteiger partial charge on any atom is 0.327 e. The van der Waals surface area contributed by atoms with Gasteiger partial charge in [0.05, 0.1) is 11.8 Å². The van der Waals surface area contributed by atoms with Gasteiger partial charge in [0, 0.05) is 10.8 Å². The van der Waals surface area contributed by atoms with E-state index < -0.39 is 52.1 Å². The number of nitrogens with one attached hydrogen (secondary N) is 1. The molecule has 9 heteroatoms. The van der Waals surface area contributed by atoms with Crippen LogP contribution < -0.4 is 5.32 Å². The highest BCUT2D eigenvalue weighted by Gasteiger charge is 2.49. The first-order valence-corrected chi connectivity index (χ1v) is 13.2. The Kier molecular flexibility index (Phi) is 8.30. The number of carbonyl (C=O) groups is 3. The highest BCUT2D eigenvalue weighted by Crippen LogP contribution is 2.30. The molecule has 0 saturated carbocycles. The van der Waals surface area contributed by atoms with Crippen LogP contribution in [0.2, 0.25) is 0 Å². The molecule has 2 aliphatic heterocycles. The molecule has 2 aromatic rings. The molecular formula is C26H30N2O6S. The average molecular weight is 499 g/mol. The largest absolute Gasteiger partial charge is 0.480 e. The van der Waals surface area contributed by atoms with E-state index in [1.54, 1.807) is 0 Å². The zero-order valence-electron chi connectivity index (χ0n) is 19.4. The van der Waals surface area contributed by atoms with Crippen LogP contribution in [0, 0.1) is 0 Å². The van der Waals surface area contributed by atoms with E-state index in [0.29, 0.717) is 32.1 Å². The molecule has 186 valence electrons. The average Bonchev–Trinajstić information content (AvgIpc) is 3.11. The fourth-order valence-corrected chi connectivity index (χ4v) is 6.45. The molecule has 2 saturated heterocycles. The predicted molar refractivity (Wildman–Crippen MR) is 131 cm³/mol. The first-order valence-electron chi connectivity index (χ1n) is 11.9. The van der Waals surface area contributed by atoms with Gasteiger partial charge in [-0.2, -0.15) is 0 Å². The summed E-state index contributed by atoms with van der Waals surface area (Å²) in [6.45, 7) is 0.121. The highest BCUT2D eigenvalue weighted by atomic mass is 32.2. The van der Waals surface area contributed by atoms with E-state index in [4.69, 9.17) is 4.74 Å². The van der Waals surface area contributed by atoms with Gasteiger partial charge in [-0.05, 0) is 43.2 Å². The summed E-state index contributed by atoms with van der Waals surface area (Å²) in [4.78, 5) is 39.5. The molecule has 2 N–H and O–H groups in total. The van der Waals surface area contributed by atoms with Gasteiger partial charge in [-0.25, -0.2) is 4.79 Å². The van der Waals surface area contributed by atoms with Gasteiger partial charge in [-0.3, -0.25) is 19.1 Å². The molecule has 1 unspecified atom stereocenters. The third kappa shape index (κ3) is 6.15. The standard InChI is InChI=1S/C26H30N2O6S/c29-24-20(12-7-13-23-28(24)22(25(30)31)17-35(23)33)27-21(15-14-18-8-3-1-4-9-18)26(32)34-16-19-10-5-2-6-11-19/h1-6,8-11,20-23,27H,7,12-17H2,(H,30,31)/t20-,21?,22-,23-,35+/m0/s1. The van der Waals surface area contributed by atoms with Crippen LogP contribution in [0.25, 0.3) is 0 Å². The number of nitrogens with zero attached hydrogens (tertiary/aromatic N) is 1. The van der Waals surface area contributed by atoms with Crippen LogP contribution in [0.5, 0.6) is 0 Å². The van der Waals surface area contributed by atoms with E-state index in [-0.39, 0.29) is 12.4 Å². The smallest absolute Gasteiger partial charge is 0.327 e. The lowest BCUT2D eigenvalue weighted by Crippen LogP contribution is -2.55. The minimum atomic E-state index is -1.41. The number of esters is 1. The van der Waals surface area contributed by atoms with Crippen LogP contribution >= 0.6 is 0 Å². The SMILES string of the molecule is O=C(OCc1ccccc1)C(CCc1ccccc1)N[C@H]1CCC[C@H]2N(C1=O)[C@H](C(=O)O)C[S@]2=O. The summed E-state index contributed by atoms with van der Waals surface area (Å²) in [6.07, 6.45) is 2.54. The lowest BCUT2D eigenvalue weighted by atomic mass is 10.0. The lowest BCUT2D eigenvalue weighted by molar-refractivity contribution is -0.151. The highest BCUT2D eigenvalue weighted by molar-refractivity contribution is 7.86. The Labute approximate surface area is 207 Å². The molecular weight excluding hydrogens is 468 g/mol. The predicted octanol–water partition coefficient (Wildman–Crippen LogP) is 2.24. The molecule has 8 nitrogen and oxygen atoms in total. The molecule has 2 fully saturated rings. The topological polar surface area (TPSA) is 113 Å². The lowest BCUT2D eigenvalue weighted by Gasteiger charge is -2.29. The van der Waals surface area contributed by atoms with Crippen molar-refractivity contribution >= 4 is 28.6 Å². The van der Waals surface area contributed by atoms with Crippen molar-refractivity contribution in [3.05, 3.63) is 71.8 Å². The van der Waals surface area contributed by atoms with Gasteiger partial charge >= 0.3 is 11.9 Å². The molecule has 2 aliphatic rings. The van der Waals surface area contributed by atoms with Crippen molar-refractivity contribution < 1.29 is 28.4 Å². The van der Waals surface area contributed by atoms with Crippen LogP contribution in [-0.4, -0.2) is 61.3 Å². The van der Waals surface area contributed by atoms with Gasteiger partial charge in [0.15, 0.2) is 0 Å². The first-order chi connectivity index (χ1) is 16.9. The van der Waals surface area contributed by atoms with Crippen molar-refractivity contribution in [2.75, 3.05) is 5.75 Å². The number of hydrogen-bond acceptors (Lipinski definition) is 6. The third-order valence-corrected chi connectivity index (χ3v) is 8.24. The summed E-state index contributed by atoms with van der Waals surface area (Å²) in [5.41, 5.74) is 1.92. The number of carbonyl (C=O) groups excluding carboxylic acids is 2. The molecule has 0 spiro atoms. The van der Waals surface area contributed by atoms with Gasteiger partial charge in [-0.1, -0.05) is 60.7 Å². The second kappa shape index (κ2) is 11.6. The van der Waals surface area contributed by atoms with E-state index in [1.165, 1.54) is 4.90 Å². The van der Waals surface area contributed by atoms with Crippen molar-refractivity contribution in [2.24, 2.45) is 0 Å². The molecule has 0 bridgehead atoms. The normalized spacial score (nSPS) is 24.9. The van der Waals surface area contributed by atoms with Gasteiger partial charge in [0.25, 0.3) is 0 Å². The summed E-state index contributed by atoms with van der Waals surface area (Å²) in [7, 11) is -1.41. The van der Waals surface area contributed by atoms with Crippen LogP contribution in [-0.2, 0) is 42.9 Å². The number of fused-ring (bicyclic) bond motifs is 1. The number of rotatable bonds is 9. The van der Waals surface area contributed by atoms with Crippen molar-refractivity contribution in [3.8, 4) is 0 Å². The van der Waals surface area contributed by atoms with E-state index in [1.807, 2.05) is 60.7 Å². The second-order valence-electron chi connectivity index (χ2n) is 8.92. The van der Waals surface area contributed by atoms with E-state index >= 15 is 0 Å². The quantitative estimate of drug-likeness (QED) is 0.510. The van der Waals surface area contributed by atoms with Crippen LogP contribution in [0.15, 0.2) is 60.7 Å². The number of hydrogen-bond donors (Lipinski definition) is 2. The minimum absolute atomic E-state index is 0.0605. The molecule has 35 heavy (non-hydrogen) atoms. The Bertz CT molecular complexity index is 1060. The molecule has 2 heterocycles. The van der Waals surface area contributed by atoms with Crippen molar-refractivity contribution in [1.82, 2.24) is 10.2 Å². The fraction of sp³-hybridized carbons (Fsp3) is 0.423. The maximum atomic E-state index is 13.4. The van der Waals surface area contributed by atoms with Gasteiger partial charge in [0.1, 0.15) is 24.1 Å². The summed E-state index contributed by atoms with van der Waals surface area (Å²) in [6, 6.07) is 16.5. The van der Waals surface area contributed by atoms with Crippen molar-refractivity contribution in [2.45, 2.75) is 62.2 Å². The van der Waals surface area contributed by atoms with E-state index in [2.05, 4.69) is 5.32 Å². The third-order valence-electron chi connectivity index (χ3n) is 6.53. The minimum Gasteiger partial charge on any atom is -0.480 e. The zero-order chi connectivity index (χ0) is 24.8. The number of aliphatic carboxylic acids is 1. The molecule has 5 atom stereocenters. The molecule has 1 amide bonds. The second-order valence-corrected chi connectivity index (χ2v) is 10.6. The van der Waals surface area contributed by atoms with Gasteiger partial charge in [0.2, 0.25) is 5.91 Å². The summed E-state index contributed by atoms with van der Waals surface area (Å²) in [5, 5.41) is 12.2. The molecule has 2 aromatic carbocycles. The Morgan fingerprint density at radius 2 is 1.71 bits per heavy atom. The Morgan fingerprint density at radius 1 is 1.06 bits per heavy atom. The van der Waals surface area contributed by atoms with Gasteiger partial charge in [-0.15, -0.1) is 0 Å². The Hall–Kier alpha value is -3.04. The fourth-order valence-electron chi connectivity index (χ4n) is 4.68. The van der Waals surface area contributed by atoms with Crippen molar-refractivity contribution in [1.29, 1.82) is 0 Å². The maximum absolute atomic E-state index is 13.4. The Morgan fingerprint density at radius 3 is 2.37 bits per heavy atom. The first kappa shape index (κ1) is 25.1. The van der Waals surface area contributed by atoms with Gasteiger partial charge < -0.3 is 14.7 Å². The number of carboxylic acid groups (broad SMARTS) is 1. The molecule has 0 aliphatic carbocycles. The van der Waals surface area contributed by atoms with Crippen LogP contribution in [0.1, 0.15) is 36.8 Å². The van der Waals surface area contributed by atoms with Crippen LogP contribution in [0.3, 0.4) is 0 Å². The number of ether oxygens (including phenoxy) is 1. The Balaban J connectivity index is 1.49. The van der Waals surface area contributed by atoms with Crippen LogP contribution in [0.4, 0.5) is 0 Å². The summed E-state index contributed by atoms with van der Waals surface area (Å²) >= 11 is 0. The van der Waals surface area contributed by atoms with E-state index in [9.17, 15) is 23.7 Å². The summed E-state index contributed by atoms with van der Waals surface area (Å²) in [5.74, 6) is -2.09. The number of aryl methyl sites for hydroxylation is 1. The van der Waals surface area contributed by atoms with Crippen molar-refractivity contribution in [3.63, 3.8) is 0 Å². The molecule has 4 rings (SSSR count). The monoisotopic (exact) mass is 498 g/mol. The van der Waals surface area contributed by atoms with E-state index in [0.717, 1.165) is 11.1 Å².